The molecule has 2 aliphatic rings. The predicted octanol–water partition coefficient (Wildman–Crippen LogP) is 4.76. The number of thioether (sulfide) groups is 1. The summed E-state index contributed by atoms with van der Waals surface area (Å²) in [5, 5.41) is 8.07. The summed E-state index contributed by atoms with van der Waals surface area (Å²) in [4.78, 5) is 13.2. The quantitative estimate of drug-likeness (QED) is 0.343. The lowest BCUT2D eigenvalue weighted by molar-refractivity contribution is 0.0993. The van der Waals surface area contributed by atoms with Crippen molar-refractivity contribution in [3.8, 4) is 11.5 Å². The van der Waals surface area contributed by atoms with Crippen LogP contribution in [0.5, 0.6) is 0 Å². The molecule has 34 heavy (non-hydrogen) atoms. The van der Waals surface area contributed by atoms with E-state index < -0.39 is 15.3 Å². The Labute approximate surface area is 204 Å². The molecule has 5 rings (SSSR count). The summed E-state index contributed by atoms with van der Waals surface area (Å²) in [6.07, 6.45) is 6.07. The van der Waals surface area contributed by atoms with Gasteiger partial charge in [0.1, 0.15) is 0 Å². The van der Waals surface area contributed by atoms with Crippen molar-refractivity contribution < 1.29 is 17.6 Å². The summed E-state index contributed by atoms with van der Waals surface area (Å²) >= 11 is 1.21. The van der Waals surface area contributed by atoms with Gasteiger partial charge in [-0.05, 0) is 74.4 Å². The van der Waals surface area contributed by atoms with Gasteiger partial charge in [-0.3, -0.25) is 4.79 Å². The number of carbonyl (C=O) groups is 1. The van der Waals surface area contributed by atoms with E-state index in [1.54, 1.807) is 24.3 Å². The Bertz CT molecular complexity index is 1310. The molecule has 1 aromatic heterocycles. The topological polar surface area (TPSA) is 93.4 Å². The molecule has 178 valence electrons. The Morgan fingerprint density at radius 3 is 2.62 bits per heavy atom. The highest BCUT2D eigenvalue weighted by Gasteiger charge is 2.27. The molecule has 1 aliphatic heterocycles. The molecule has 0 spiro atoms. The van der Waals surface area contributed by atoms with Crippen LogP contribution in [-0.2, 0) is 22.9 Å². The van der Waals surface area contributed by atoms with Gasteiger partial charge in [-0.1, -0.05) is 36.4 Å². The zero-order valence-corrected chi connectivity index (χ0v) is 20.7. The average molecular weight is 498 g/mol. The second kappa shape index (κ2) is 9.64. The smallest absolute Gasteiger partial charge is 0.277 e. The van der Waals surface area contributed by atoms with Crippen LogP contribution >= 0.6 is 11.8 Å². The lowest BCUT2D eigenvalue weighted by Gasteiger charge is -2.25. The maximum atomic E-state index is 13.0. The molecule has 1 aliphatic carbocycles. The number of hydrogen-bond donors (Lipinski definition) is 0. The molecule has 0 radical (unpaired) electrons. The van der Waals surface area contributed by atoms with Gasteiger partial charge in [0.15, 0.2) is 5.78 Å². The van der Waals surface area contributed by atoms with E-state index in [-0.39, 0.29) is 21.8 Å². The van der Waals surface area contributed by atoms with Gasteiger partial charge in [-0.25, -0.2) is 8.42 Å². The van der Waals surface area contributed by atoms with Gasteiger partial charge in [0.05, 0.1) is 10.1 Å². The minimum Gasteiger partial charge on any atom is -0.411 e. The van der Waals surface area contributed by atoms with Gasteiger partial charge in [0.25, 0.3) is 5.22 Å². The van der Waals surface area contributed by atoms with Crippen LogP contribution in [0.3, 0.4) is 0 Å². The third-order valence-electron chi connectivity index (χ3n) is 6.47. The van der Waals surface area contributed by atoms with Crippen LogP contribution in [0.25, 0.3) is 11.5 Å². The minimum atomic E-state index is -3.56. The summed E-state index contributed by atoms with van der Waals surface area (Å²) in [7, 11) is -3.56. The van der Waals surface area contributed by atoms with E-state index in [1.165, 1.54) is 27.2 Å². The molecule has 0 N–H and O–H groups in total. The standard InChI is InChI=1S/C25H27N3O4S2/c1-17(23(29)20-12-11-18-7-5-8-19(18)15-20)33-25-27-26-24(32-25)21-9-6-10-22(16-21)34(30,31)28-13-3-2-4-14-28/h6,9-12,15-17H,2-5,7-8,13-14H2,1H3/t17-/m1/s1. The molecular formula is C25H27N3O4S2. The Morgan fingerprint density at radius 1 is 1.00 bits per heavy atom. The highest BCUT2D eigenvalue weighted by Crippen LogP contribution is 2.31. The third-order valence-corrected chi connectivity index (χ3v) is 9.30. The molecule has 3 aromatic rings. The first kappa shape index (κ1) is 23.3. The Morgan fingerprint density at radius 2 is 1.79 bits per heavy atom. The number of fused-ring (bicyclic) bond motifs is 1. The first-order valence-corrected chi connectivity index (χ1v) is 14.0. The van der Waals surface area contributed by atoms with Gasteiger partial charge in [0.2, 0.25) is 15.9 Å². The Hall–Kier alpha value is -2.49. The number of hydrogen-bond acceptors (Lipinski definition) is 7. The number of aromatic nitrogens is 2. The maximum Gasteiger partial charge on any atom is 0.277 e. The monoisotopic (exact) mass is 497 g/mol. The summed E-state index contributed by atoms with van der Waals surface area (Å²) in [6, 6.07) is 12.6. The number of carbonyl (C=O) groups excluding carboxylic acids is 1. The SMILES string of the molecule is C[C@@H](Sc1nnc(-c2cccc(S(=O)(=O)N3CCCCC3)c2)o1)C(=O)c1ccc2c(c1)CCC2. The molecule has 7 nitrogen and oxygen atoms in total. The van der Waals surface area contributed by atoms with Crippen LogP contribution in [0, 0.1) is 0 Å². The third kappa shape index (κ3) is 4.69. The molecule has 2 aromatic carbocycles. The van der Waals surface area contributed by atoms with Crippen molar-refractivity contribution in [1.82, 2.24) is 14.5 Å². The van der Waals surface area contributed by atoms with Crippen LogP contribution in [0.2, 0.25) is 0 Å². The zero-order valence-electron chi connectivity index (χ0n) is 19.1. The number of nitrogens with zero attached hydrogens (tertiary/aromatic N) is 3. The van der Waals surface area contributed by atoms with E-state index in [0.29, 0.717) is 24.2 Å². The van der Waals surface area contributed by atoms with E-state index in [4.69, 9.17) is 4.42 Å². The molecular weight excluding hydrogens is 470 g/mol. The first-order valence-electron chi connectivity index (χ1n) is 11.7. The molecule has 1 saturated heterocycles. The number of piperidine rings is 1. The number of benzene rings is 2. The minimum absolute atomic E-state index is 0.0223. The van der Waals surface area contributed by atoms with Crippen LogP contribution < -0.4 is 0 Å². The normalized spacial score (nSPS) is 17.4. The van der Waals surface area contributed by atoms with Gasteiger partial charge in [-0.15, -0.1) is 10.2 Å². The lowest BCUT2D eigenvalue weighted by atomic mass is 10.0. The van der Waals surface area contributed by atoms with Crippen molar-refractivity contribution in [2.45, 2.75) is 60.8 Å². The van der Waals surface area contributed by atoms with Crippen molar-refractivity contribution >= 4 is 27.6 Å². The highest BCUT2D eigenvalue weighted by atomic mass is 32.2. The number of aryl methyl sites for hydroxylation is 2. The van der Waals surface area contributed by atoms with Crippen molar-refractivity contribution in [2.75, 3.05) is 13.1 Å². The van der Waals surface area contributed by atoms with Crippen LogP contribution in [0.4, 0.5) is 0 Å². The van der Waals surface area contributed by atoms with Crippen LogP contribution in [0.15, 0.2) is 57.0 Å². The summed E-state index contributed by atoms with van der Waals surface area (Å²) in [6.45, 7) is 2.92. The average Bonchev–Trinajstić information content (AvgIpc) is 3.53. The molecule has 2 heterocycles. The second-order valence-corrected chi connectivity index (χ2v) is 12.1. The largest absolute Gasteiger partial charge is 0.411 e. The molecule has 0 bridgehead atoms. The fraction of sp³-hybridized carbons (Fsp3) is 0.400. The number of rotatable bonds is 7. The van der Waals surface area contributed by atoms with E-state index in [1.807, 2.05) is 19.1 Å². The van der Waals surface area contributed by atoms with Crippen molar-refractivity contribution in [3.63, 3.8) is 0 Å². The summed E-state index contributed by atoms with van der Waals surface area (Å²) < 4.78 is 33.4. The molecule has 0 amide bonds. The highest BCUT2D eigenvalue weighted by molar-refractivity contribution is 8.00. The van der Waals surface area contributed by atoms with Gasteiger partial charge in [0, 0.05) is 24.2 Å². The lowest BCUT2D eigenvalue weighted by Crippen LogP contribution is -2.35. The van der Waals surface area contributed by atoms with Gasteiger partial charge in [-0.2, -0.15) is 4.31 Å². The Kier molecular flexibility index (Phi) is 6.59. The second-order valence-electron chi connectivity index (χ2n) is 8.83. The molecule has 1 atom stereocenters. The molecule has 1 fully saturated rings. The molecule has 0 saturated carbocycles. The zero-order chi connectivity index (χ0) is 23.7. The summed E-state index contributed by atoms with van der Waals surface area (Å²) in [5.74, 6) is 0.254. The van der Waals surface area contributed by atoms with Crippen molar-refractivity contribution in [3.05, 3.63) is 59.2 Å². The molecule has 9 heteroatoms. The van der Waals surface area contributed by atoms with Gasteiger partial charge >= 0.3 is 0 Å². The first-order chi connectivity index (χ1) is 16.4. The number of Topliss-reactive ketones (excluding diaryl/α,β-unsaturated/α-hetero) is 1. The van der Waals surface area contributed by atoms with Crippen molar-refractivity contribution in [1.29, 1.82) is 0 Å². The van der Waals surface area contributed by atoms with Crippen LogP contribution in [0.1, 0.15) is 54.1 Å². The number of sulfonamides is 1. The Balaban J connectivity index is 1.30. The fourth-order valence-corrected chi connectivity index (χ4v) is 6.91. The van der Waals surface area contributed by atoms with E-state index in [0.717, 1.165) is 38.5 Å². The summed E-state index contributed by atoms with van der Waals surface area (Å²) in [5.41, 5.74) is 3.84. The number of ketones is 1. The van der Waals surface area contributed by atoms with E-state index in [2.05, 4.69) is 16.3 Å². The van der Waals surface area contributed by atoms with Crippen LogP contribution in [-0.4, -0.2) is 47.0 Å². The van der Waals surface area contributed by atoms with Crippen molar-refractivity contribution in [2.24, 2.45) is 0 Å². The van der Waals surface area contributed by atoms with Gasteiger partial charge < -0.3 is 4.42 Å². The maximum absolute atomic E-state index is 13.0. The predicted molar refractivity (Wildman–Crippen MR) is 130 cm³/mol. The molecule has 0 unspecified atom stereocenters. The van der Waals surface area contributed by atoms with E-state index >= 15 is 0 Å². The fourth-order valence-electron chi connectivity index (χ4n) is 4.58. The van der Waals surface area contributed by atoms with E-state index in [9.17, 15) is 13.2 Å².